The standard InChI is InChI=1S/C9H20N2OS/c1-4-5-10-9(12)11-8(3)7(2)6-13/h7-8,13H,4-6H2,1-3H3,(H2,10,11,12). The first kappa shape index (κ1) is 12.6. The summed E-state index contributed by atoms with van der Waals surface area (Å²) in [7, 11) is 0. The fourth-order valence-corrected chi connectivity index (χ4v) is 1.11. The summed E-state index contributed by atoms with van der Waals surface area (Å²) in [6.07, 6.45) is 0.962. The zero-order valence-corrected chi connectivity index (χ0v) is 9.53. The second-order valence-electron chi connectivity index (χ2n) is 3.35. The monoisotopic (exact) mass is 204 g/mol. The number of urea groups is 1. The molecule has 0 radical (unpaired) electrons. The van der Waals surface area contributed by atoms with E-state index in [-0.39, 0.29) is 12.1 Å². The molecule has 3 nitrogen and oxygen atoms in total. The van der Waals surface area contributed by atoms with E-state index < -0.39 is 0 Å². The van der Waals surface area contributed by atoms with Gasteiger partial charge in [-0.2, -0.15) is 12.6 Å². The Kier molecular flexibility index (Phi) is 6.86. The van der Waals surface area contributed by atoms with E-state index in [9.17, 15) is 4.79 Å². The minimum atomic E-state index is -0.0806. The lowest BCUT2D eigenvalue weighted by molar-refractivity contribution is 0.234. The van der Waals surface area contributed by atoms with Crippen molar-refractivity contribution in [1.29, 1.82) is 0 Å². The maximum absolute atomic E-state index is 11.2. The topological polar surface area (TPSA) is 41.1 Å². The van der Waals surface area contributed by atoms with Crippen molar-refractivity contribution in [2.75, 3.05) is 12.3 Å². The Labute approximate surface area is 86.1 Å². The van der Waals surface area contributed by atoms with Crippen LogP contribution in [-0.4, -0.2) is 24.4 Å². The summed E-state index contributed by atoms with van der Waals surface area (Å²) in [6, 6.07) is 0.0948. The van der Waals surface area contributed by atoms with Gasteiger partial charge in [-0.15, -0.1) is 0 Å². The number of hydrogen-bond donors (Lipinski definition) is 3. The highest BCUT2D eigenvalue weighted by molar-refractivity contribution is 7.80. The van der Waals surface area contributed by atoms with Crippen LogP contribution in [0.2, 0.25) is 0 Å². The van der Waals surface area contributed by atoms with E-state index in [1.165, 1.54) is 0 Å². The summed E-state index contributed by atoms with van der Waals surface area (Å²) in [5.74, 6) is 1.19. The number of rotatable bonds is 5. The van der Waals surface area contributed by atoms with Crippen LogP contribution in [0.1, 0.15) is 27.2 Å². The zero-order valence-electron chi connectivity index (χ0n) is 8.63. The molecular formula is C9H20N2OS. The molecule has 2 unspecified atom stereocenters. The highest BCUT2D eigenvalue weighted by Gasteiger charge is 2.12. The van der Waals surface area contributed by atoms with Gasteiger partial charge in [-0.1, -0.05) is 13.8 Å². The summed E-state index contributed by atoms with van der Waals surface area (Å²) in [5, 5.41) is 5.63. The molecule has 0 saturated carbocycles. The quantitative estimate of drug-likeness (QED) is 0.586. The average Bonchev–Trinajstić information content (AvgIpc) is 2.13. The molecule has 78 valence electrons. The molecule has 0 aliphatic carbocycles. The predicted molar refractivity (Wildman–Crippen MR) is 59.3 cm³/mol. The first-order valence-electron chi connectivity index (χ1n) is 4.77. The maximum Gasteiger partial charge on any atom is 0.315 e. The van der Waals surface area contributed by atoms with E-state index in [1.54, 1.807) is 0 Å². The number of thiol groups is 1. The largest absolute Gasteiger partial charge is 0.338 e. The molecule has 0 spiro atoms. The van der Waals surface area contributed by atoms with Crippen molar-refractivity contribution in [3.05, 3.63) is 0 Å². The Balaban J connectivity index is 3.64. The molecule has 0 aliphatic heterocycles. The fourth-order valence-electron chi connectivity index (χ4n) is 0.797. The van der Waals surface area contributed by atoms with Gasteiger partial charge in [0.1, 0.15) is 0 Å². The summed E-state index contributed by atoms with van der Waals surface area (Å²) in [4.78, 5) is 11.2. The Morgan fingerprint density at radius 2 is 2.08 bits per heavy atom. The van der Waals surface area contributed by atoms with Gasteiger partial charge in [0.2, 0.25) is 0 Å². The lowest BCUT2D eigenvalue weighted by Gasteiger charge is -2.19. The van der Waals surface area contributed by atoms with Gasteiger partial charge in [-0.3, -0.25) is 0 Å². The Morgan fingerprint density at radius 1 is 1.46 bits per heavy atom. The molecule has 0 aromatic heterocycles. The van der Waals surface area contributed by atoms with E-state index in [1.807, 2.05) is 13.8 Å². The Morgan fingerprint density at radius 3 is 2.54 bits per heavy atom. The second-order valence-corrected chi connectivity index (χ2v) is 3.71. The van der Waals surface area contributed by atoms with Gasteiger partial charge >= 0.3 is 6.03 Å². The van der Waals surface area contributed by atoms with Crippen LogP contribution in [0.5, 0.6) is 0 Å². The van der Waals surface area contributed by atoms with E-state index in [2.05, 4.69) is 30.2 Å². The van der Waals surface area contributed by atoms with Gasteiger partial charge in [0.25, 0.3) is 0 Å². The van der Waals surface area contributed by atoms with Gasteiger partial charge in [0.05, 0.1) is 0 Å². The minimum Gasteiger partial charge on any atom is -0.338 e. The van der Waals surface area contributed by atoms with Gasteiger partial charge < -0.3 is 10.6 Å². The molecule has 0 fully saturated rings. The van der Waals surface area contributed by atoms with Crippen molar-refractivity contribution in [1.82, 2.24) is 10.6 Å². The highest BCUT2D eigenvalue weighted by atomic mass is 32.1. The van der Waals surface area contributed by atoms with Crippen molar-refractivity contribution >= 4 is 18.7 Å². The van der Waals surface area contributed by atoms with Gasteiger partial charge in [0, 0.05) is 12.6 Å². The maximum atomic E-state index is 11.2. The minimum absolute atomic E-state index is 0.0806. The third kappa shape index (κ3) is 5.80. The summed E-state index contributed by atoms with van der Waals surface area (Å²) >= 11 is 4.18. The lowest BCUT2D eigenvalue weighted by Crippen LogP contribution is -2.44. The van der Waals surface area contributed by atoms with Gasteiger partial charge in [-0.05, 0) is 25.0 Å². The summed E-state index contributed by atoms with van der Waals surface area (Å²) < 4.78 is 0. The average molecular weight is 204 g/mol. The first-order valence-corrected chi connectivity index (χ1v) is 5.40. The molecule has 0 saturated heterocycles. The van der Waals surface area contributed by atoms with E-state index in [0.29, 0.717) is 5.92 Å². The van der Waals surface area contributed by atoms with Crippen LogP contribution in [-0.2, 0) is 0 Å². The van der Waals surface area contributed by atoms with Crippen LogP contribution in [0, 0.1) is 5.92 Å². The van der Waals surface area contributed by atoms with Gasteiger partial charge in [0.15, 0.2) is 0 Å². The fraction of sp³-hybridized carbons (Fsp3) is 0.889. The van der Waals surface area contributed by atoms with Crippen LogP contribution in [0.3, 0.4) is 0 Å². The van der Waals surface area contributed by atoms with Gasteiger partial charge in [-0.25, -0.2) is 4.79 Å². The van der Waals surface area contributed by atoms with E-state index >= 15 is 0 Å². The molecule has 2 amide bonds. The normalized spacial score (nSPS) is 14.8. The molecule has 0 heterocycles. The number of carbonyl (C=O) groups excluding carboxylic acids is 1. The van der Waals surface area contributed by atoms with Crippen LogP contribution in [0.15, 0.2) is 0 Å². The second kappa shape index (κ2) is 7.06. The third-order valence-corrected chi connectivity index (χ3v) is 2.61. The summed E-state index contributed by atoms with van der Waals surface area (Å²) in [5.41, 5.74) is 0. The molecule has 2 atom stereocenters. The molecule has 0 bridgehead atoms. The number of hydrogen-bond acceptors (Lipinski definition) is 2. The number of carbonyl (C=O) groups is 1. The molecule has 0 rings (SSSR count). The molecule has 4 heteroatoms. The first-order chi connectivity index (χ1) is 6.11. The Bertz CT molecular complexity index is 153. The highest BCUT2D eigenvalue weighted by Crippen LogP contribution is 2.03. The van der Waals surface area contributed by atoms with Crippen molar-refractivity contribution in [3.8, 4) is 0 Å². The summed E-state index contributed by atoms with van der Waals surface area (Å²) in [6.45, 7) is 6.82. The molecule has 0 aromatic carbocycles. The van der Waals surface area contributed by atoms with Crippen LogP contribution < -0.4 is 10.6 Å². The van der Waals surface area contributed by atoms with Crippen molar-refractivity contribution in [2.45, 2.75) is 33.2 Å². The third-order valence-electron chi connectivity index (χ3n) is 2.04. The van der Waals surface area contributed by atoms with Crippen LogP contribution in [0.25, 0.3) is 0 Å². The van der Waals surface area contributed by atoms with Crippen LogP contribution in [0.4, 0.5) is 4.79 Å². The molecule has 0 aliphatic rings. The predicted octanol–water partition coefficient (Wildman–Crippen LogP) is 1.65. The van der Waals surface area contributed by atoms with Crippen molar-refractivity contribution in [3.63, 3.8) is 0 Å². The number of nitrogens with one attached hydrogen (secondary N) is 2. The Hall–Kier alpha value is -0.380. The van der Waals surface area contributed by atoms with Crippen molar-refractivity contribution < 1.29 is 4.79 Å². The smallest absolute Gasteiger partial charge is 0.315 e. The van der Waals surface area contributed by atoms with E-state index in [4.69, 9.17) is 0 Å². The van der Waals surface area contributed by atoms with Crippen molar-refractivity contribution in [2.24, 2.45) is 5.92 Å². The van der Waals surface area contributed by atoms with Crippen LogP contribution >= 0.6 is 12.6 Å². The molecule has 2 N–H and O–H groups in total. The molecule has 13 heavy (non-hydrogen) atoms. The van der Waals surface area contributed by atoms with E-state index in [0.717, 1.165) is 18.7 Å². The lowest BCUT2D eigenvalue weighted by atomic mass is 10.1. The molecule has 0 aromatic rings. The number of amides is 2. The zero-order chi connectivity index (χ0) is 10.3. The molecular weight excluding hydrogens is 184 g/mol. The SMILES string of the molecule is CCCNC(=O)NC(C)C(C)CS.